The first-order chi connectivity index (χ1) is 7.02. The maximum absolute atomic E-state index is 13.4. The molecular weight excluding hydrogens is 191 g/mol. The Morgan fingerprint density at radius 2 is 1.87 bits per heavy atom. The van der Waals surface area contributed by atoms with Gasteiger partial charge in [-0.15, -0.1) is 0 Å². The lowest BCUT2D eigenvalue weighted by Crippen LogP contribution is -2.41. The Hall–Kier alpha value is -0.150. The highest BCUT2D eigenvalue weighted by Crippen LogP contribution is 2.16. The molecule has 0 saturated carbocycles. The molecule has 0 amide bonds. The van der Waals surface area contributed by atoms with Gasteiger partial charge >= 0.3 is 0 Å². The molecule has 3 heteroatoms. The second-order valence-electron chi connectivity index (χ2n) is 5.08. The van der Waals surface area contributed by atoms with Crippen LogP contribution in [0.15, 0.2) is 0 Å². The molecule has 0 radical (unpaired) electrons. The maximum Gasteiger partial charge on any atom is 0.117 e. The van der Waals surface area contributed by atoms with Crippen molar-refractivity contribution in [3.8, 4) is 0 Å². The van der Waals surface area contributed by atoms with Crippen molar-refractivity contribution in [2.75, 3.05) is 13.1 Å². The molecule has 1 saturated heterocycles. The average molecular weight is 216 g/mol. The molecule has 2 nitrogen and oxygen atoms in total. The Morgan fingerprint density at radius 1 is 1.27 bits per heavy atom. The number of alkyl halides is 1. The van der Waals surface area contributed by atoms with E-state index in [1.54, 1.807) is 0 Å². The second-order valence-corrected chi connectivity index (χ2v) is 5.08. The number of halogens is 1. The highest BCUT2D eigenvalue weighted by Gasteiger charge is 2.27. The van der Waals surface area contributed by atoms with Gasteiger partial charge in [-0.1, -0.05) is 0 Å². The van der Waals surface area contributed by atoms with Gasteiger partial charge in [-0.25, -0.2) is 4.39 Å². The molecule has 1 fully saturated rings. The molecule has 0 aromatic heterocycles. The minimum atomic E-state index is -0.633. The predicted octanol–water partition coefficient (Wildman–Crippen LogP) is 2.20. The van der Waals surface area contributed by atoms with Gasteiger partial charge in [-0.05, 0) is 47.1 Å². The van der Waals surface area contributed by atoms with Crippen LogP contribution in [0.1, 0.15) is 40.5 Å². The van der Waals surface area contributed by atoms with Crippen molar-refractivity contribution in [1.29, 1.82) is 0 Å². The lowest BCUT2D eigenvalue weighted by Gasteiger charge is -2.31. The van der Waals surface area contributed by atoms with Gasteiger partial charge < -0.3 is 5.32 Å². The van der Waals surface area contributed by atoms with Crippen molar-refractivity contribution in [2.45, 2.75) is 64.8 Å². The van der Waals surface area contributed by atoms with Gasteiger partial charge in [0.2, 0.25) is 0 Å². The Balaban J connectivity index is 2.33. The number of rotatable bonds is 5. The molecule has 1 aliphatic rings. The summed E-state index contributed by atoms with van der Waals surface area (Å²) >= 11 is 0. The fourth-order valence-corrected chi connectivity index (χ4v) is 2.42. The summed E-state index contributed by atoms with van der Waals surface area (Å²) in [6.07, 6.45) is 0.983. The summed E-state index contributed by atoms with van der Waals surface area (Å²) in [4.78, 5) is 2.42. The van der Waals surface area contributed by atoms with Crippen molar-refractivity contribution in [1.82, 2.24) is 10.2 Å². The van der Waals surface area contributed by atoms with Crippen LogP contribution >= 0.6 is 0 Å². The molecule has 0 bridgehead atoms. The topological polar surface area (TPSA) is 15.3 Å². The summed E-state index contributed by atoms with van der Waals surface area (Å²) in [6.45, 7) is 10.6. The Kier molecular flexibility index (Phi) is 5.00. The minimum absolute atomic E-state index is 0.0880. The van der Waals surface area contributed by atoms with E-state index in [0.29, 0.717) is 18.5 Å². The molecule has 2 unspecified atom stereocenters. The standard InChI is InChI=1S/C12H25FN2/c1-9(2)15(10(3)4)8-6-12-11(13)5-7-14-12/h9-12,14H,5-8H2,1-4H3. The van der Waals surface area contributed by atoms with Crippen LogP contribution in [-0.2, 0) is 0 Å². The van der Waals surface area contributed by atoms with Crippen molar-refractivity contribution in [3.63, 3.8) is 0 Å². The van der Waals surface area contributed by atoms with Crippen LogP contribution < -0.4 is 5.32 Å². The molecular formula is C12H25FN2. The minimum Gasteiger partial charge on any atom is -0.311 e. The molecule has 2 atom stereocenters. The summed E-state index contributed by atoms with van der Waals surface area (Å²) in [5, 5.41) is 3.24. The van der Waals surface area contributed by atoms with E-state index in [1.807, 2.05) is 0 Å². The zero-order valence-electron chi connectivity index (χ0n) is 10.5. The summed E-state index contributed by atoms with van der Waals surface area (Å²) in [5.41, 5.74) is 0. The molecule has 0 aromatic carbocycles. The molecule has 90 valence electrons. The largest absolute Gasteiger partial charge is 0.311 e. The summed E-state index contributed by atoms with van der Waals surface area (Å²) in [5.74, 6) is 0. The van der Waals surface area contributed by atoms with Crippen molar-refractivity contribution in [2.24, 2.45) is 0 Å². The number of nitrogens with one attached hydrogen (secondary N) is 1. The quantitative estimate of drug-likeness (QED) is 0.758. The number of nitrogens with zero attached hydrogens (tertiary/aromatic N) is 1. The van der Waals surface area contributed by atoms with Gasteiger partial charge in [-0.2, -0.15) is 0 Å². The van der Waals surface area contributed by atoms with Gasteiger partial charge in [-0.3, -0.25) is 4.90 Å². The third kappa shape index (κ3) is 3.72. The predicted molar refractivity (Wildman–Crippen MR) is 62.9 cm³/mol. The molecule has 1 N–H and O–H groups in total. The molecule has 0 aliphatic carbocycles. The smallest absolute Gasteiger partial charge is 0.117 e. The van der Waals surface area contributed by atoms with Crippen molar-refractivity contribution < 1.29 is 4.39 Å². The van der Waals surface area contributed by atoms with Gasteiger partial charge in [0.1, 0.15) is 6.17 Å². The highest BCUT2D eigenvalue weighted by atomic mass is 19.1. The Labute approximate surface area is 93.2 Å². The van der Waals surface area contributed by atoms with Crippen LogP contribution in [0.25, 0.3) is 0 Å². The SMILES string of the molecule is CC(C)N(CCC1NCCC1F)C(C)C. The van der Waals surface area contributed by atoms with Gasteiger partial charge in [0, 0.05) is 24.7 Å². The van der Waals surface area contributed by atoms with Crippen LogP contribution in [0.2, 0.25) is 0 Å². The van der Waals surface area contributed by atoms with Crippen LogP contribution in [0.3, 0.4) is 0 Å². The van der Waals surface area contributed by atoms with Crippen molar-refractivity contribution in [3.05, 3.63) is 0 Å². The zero-order chi connectivity index (χ0) is 11.4. The molecule has 1 heterocycles. The van der Waals surface area contributed by atoms with Crippen molar-refractivity contribution >= 4 is 0 Å². The fraction of sp³-hybridized carbons (Fsp3) is 1.00. The maximum atomic E-state index is 13.4. The van der Waals surface area contributed by atoms with E-state index in [2.05, 4.69) is 37.9 Å². The number of hydrogen-bond donors (Lipinski definition) is 1. The Morgan fingerprint density at radius 3 is 2.27 bits per heavy atom. The molecule has 0 aromatic rings. The molecule has 1 aliphatic heterocycles. The van der Waals surface area contributed by atoms with E-state index in [1.165, 1.54) is 0 Å². The zero-order valence-corrected chi connectivity index (χ0v) is 10.5. The summed E-state index contributed by atoms with van der Waals surface area (Å²) in [6, 6.07) is 1.18. The van der Waals surface area contributed by atoms with E-state index in [0.717, 1.165) is 19.5 Å². The fourth-order valence-electron chi connectivity index (χ4n) is 2.42. The van der Waals surface area contributed by atoms with E-state index >= 15 is 0 Å². The molecule has 15 heavy (non-hydrogen) atoms. The van der Waals surface area contributed by atoms with Crippen LogP contribution in [-0.4, -0.2) is 42.3 Å². The summed E-state index contributed by atoms with van der Waals surface area (Å²) in [7, 11) is 0. The lowest BCUT2D eigenvalue weighted by molar-refractivity contribution is 0.158. The average Bonchev–Trinajstić information content (AvgIpc) is 2.51. The van der Waals surface area contributed by atoms with Gasteiger partial charge in [0.25, 0.3) is 0 Å². The first kappa shape index (κ1) is 12.9. The molecule has 1 rings (SSSR count). The normalized spacial score (nSPS) is 27.2. The van der Waals surface area contributed by atoms with Crippen LogP contribution in [0.5, 0.6) is 0 Å². The first-order valence-electron chi connectivity index (χ1n) is 6.15. The highest BCUT2D eigenvalue weighted by molar-refractivity contribution is 4.85. The summed E-state index contributed by atoms with van der Waals surface area (Å²) < 4.78 is 13.4. The van der Waals surface area contributed by atoms with Crippen LogP contribution in [0, 0.1) is 0 Å². The number of hydrogen-bond acceptors (Lipinski definition) is 2. The van der Waals surface area contributed by atoms with E-state index < -0.39 is 6.17 Å². The third-order valence-corrected chi connectivity index (χ3v) is 3.29. The van der Waals surface area contributed by atoms with Crippen LogP contribution in [0.4, 0.5) is 4.39 Å². The molecule has 0 spiro atoms. The van der Waals surface area contributed by atoms with E-state index in [4.69, 9.17) is 0 Å². The van der Waals surface area contributed by atoms with E-state index in [-0.39, 0.29) is 6.04 Å². The van der Waals surface area contributed by atoms with Gasteiger partial charge in [0.05, 0.1) is 0 Å². The third-order valence-electron chi connectivity index (χ3n) is 3.29. The Bertz CT molecular complexity index is 174. The van der Waals surface area contributed by atoms with E-state index in [9.17, 15) is 4.39 Å². The monoisotopic (exact) mass is 216 g/mol. The van der Waals surface area contributed by atoms with Gasteiger partial charge in [0.15, 0.2) is 0 Å². The first-order valence-corrected chi connectivity index (χ1v) is 6.15. The lowest BCUT2D eigenvalue weighted by atomic mass is 10.1. The second kappa shape index (κ2) is 5.80.